The Balaban J connectivity index is 1.51. The van der Waals surface area contributed by atoms with Crippen molar-refractivity contribution in [2.45, 2.75) is 25.8 Å². The number of nitrogens with two attached hydrogens (primary N) is 1. The maximum atomic E-state index is 13.9. The van der Waals surface area contributed by atoms with Crippen LogP contribution in [0.1, 0.15) is 39.9 Å². The number of aromatic nitrogens is 3. The molecule has 178 valence electrons. The van der Waals surface area contributed by atoms with Gasteiger partial charge in [-0.15, -0.1) is 11.3 Å². The number of aryl methyl sites for hydroxylation is 1. The van der Waals surface area contributed by atoms with Gasteiger partial charge in [0.25, 0.3) is 5.91 Å². The highest BCUT2D eigenvalue weighted by atomic mass is 32.1. The van der Waals surface area contributed by atoms with E-state index in [0.717, 1.165) is 12.8 Å². The Morgan fingerprint density at radius 2 is 2.17 bits per heavy atom. The molecule has 4 heterocycles. The normalized spacial score (nSPS) is 15.5. The minimum atomic E-state index is -0.384. The first kappa shape index (κ1) is 22.7. The van der Waals surface area contributed by atoms with E-state index in [4.69, 9.17) is 10.7 Å². The molecule has 0 spiro atoms. The van der Waals surface area contributed by atoms with Gasteiger partial charge in [-0.3, -0.25) is 14.0 Å². The van der Waals surface area contributed by atoms with Crippen molar-refractivity contribution in [2.24, 2.45) is 0 Å². The van der Waals surface area contributed by atoms with Crippen LogP contribution in [0.25, 0.3) is 16.8 Å². The van der Waals surface area contributed by atoms with E-state index < -0.39 is 0 Å². The van der Waals surface area contributed by atoms with Gasteiger partial charge in [-0.2, -0.15) is 0 Å². The molecule has 4 aromatic rings. The molecule has 1 aliphatic heterocycles. The number of nitrogens with one attached hydrogen (secondary N) is 1. The summed E-state index contributed by atoms with van der Waals surface area (Å²) in [5.41, 5.74) is 9.03. The Morgan fingerprint density at radius 3 is 2.94 bits per heavy atom. The first-order valence-electron chi connectivity index (χ1n) is 11.1. The topological polar surface area (TPSA) is 106 Å². The lowest BCUT2D eigenvalue weighted by molar-refractivity contribution is -0.127. The molecular weight excluding hydrogens is 467 g/mol. The van der Waals surface area contributed by atoms with E-state index in [9.17, 15) is 14.0 Å². The van der Waals surface area contributed by atoms with Crippen LogP contribution < -0.4 is 11.1 Å². The van der Waals surface area contributed by atoms with Crippen LogP contribution in [-0.4, -0.2) is 37.6 Å². The lowest BCUT2D eigenvalue weighted by Gasteiger charge is -2.22. The highest BCUT2D eigenvalue weighted by molar-refractivity contribution is 7.12. The Morgan fingerprint density at radius 1 is 1.34 bits per heavy atom. The van der Waals surface area contributed by atoms with E-state index >= 15 is 0 Å². The molecule has 1 saturated heterocycles. The summed E-state index contributed by atoms with van der Waals surface area (Å²) in [4.78, 5) is 36.5. The van der Waals surface area contributed by atoms with Gasteiger partial charge in [0, 0.05) is 35.6 Å². The van der Waals surface area contributed by atoms with Gasteiger partial charge >= 0.3 is 0 Å². The lowest BCUT2D eigenvalue weighted by Crippen LogP contribution is -2.29. The number of nitrogens with zero attached hydrogens (tertiary/aromatic N) is 4. The van der Waals surface area contributed by atoms with E-state index in [1.807, 2.05) is 9.78 Å². The van der Waals surface area contributed by atoms with Crippen molar-refractivity contribution >= 4 is 40.2 Å². The lowest BCUT2D eigenvalue weighted by atomic mass is 10.2. The van der Waals surface area contributed by atoms with Crippen LogP contribution in [-0.2, 0) is 4.79 Å². The number of fused-ring (bicyclic) bond motifs is 1. The predicted molar refractivity (Wildman–Crippen MR) is 134 cm³/mol. The van der Waals surface area contributed by atoms with Crippen molar-refractivity contribution < 1.29 is 14.0 Å². The highest BCUT2D eigenvalue weighted by Crippen LogP contribution is 2.37. The van der Waals surface area contributed by atoms with Gasteiger partial charge in [-0.1, -0.05) is 12.6 Å². The van der Waals surface area contributed by atoms with Crippen molar-refractivity contribution in [3.8, 4) is 11.3 Å². The molecule has 10 heteroatoms. The van der Waals surface area contributed by atoms with E-state index in [1.165, 1.54) is 23.5 Å². The maximum absolute atomic E-state index is 13.9. The van der Waals surface area contributed by atoms with Gasteiger partial charge in [0.15, 0.2) is 0 Å². The average Bonchev–Trinajstić information content (AvgIpc) is 3.59. The number of likely N-dealkylation sites (tertiary alicyclic amines) is 1. The van der Waals surface area contributed by atoms with Crippen LogP contribution in [0.2, 0.25) is 0 Å². The highest BCUT2D eigenvalue weighted by Gasteiger charge is 2.33. The average molecular weight is 491 g/mol. The quantitative estimate of drug-likeness (QED) is 0.398. The Labute approximate surface area is 204 Å². The van der Waals surface area contributed by atoms with Crippen LogP contribution in [0.3, 0.4) is 0 Å². The molecule has 2 amide bonds. The molecule has 1 fully saturated rings. The third-order valence-electron chi connectivity index (χ3n) is 6.15. The number of imidazole rings is 1. The SMILES string of the molecule is C=CC(=O)N1CCC[C@H]1c1nc(-c2csc(C(=O)Nc3ccc(C)c(F)c3)c2)c2c(N)nccn12. The number of halogens is 1. The summed E-state index contributed by atoms with van der Waals surface area (Å²) in [7, 11) is 0. The number of hydrogen-bond acceptors (Lipinski definition) is 6. The summed E-state index contributed by atoms with van der Waals surface area (Å²) >= 11 is 1.25. The zero-order chi connectivity index (χ0) is 24.7. The molecule has 1 atom stereocenters. The van der Waals surface area contributed by atoms with Crippen molar-refractivity contribution in [3.63, 3.8) is 0 Å². The Bertz CT molecular complexity index is 1480. The van der Waals surface area contributed by atoms with Gasteiger partial charge < -0.3 is 16.0 Å². The fraction of sp³-hybridized carbons (Fsp3) is 0.200. The number of nitrogen functional groups attached to an aromatic ring is 1. The summed E-state index contributed by atoms with van der Waals surface area (Å²) in [6, 6.07) is 6.07. The maximum Gasteiger partial charge on any atom is 0.265 e. The van der Waals surface area contributed by atoms with Crippen molar-refractivity contribution in [2.75, 3.05) is 17.6 Å². The third-order valence-corrected chi connectivity index (χ3v) is 7.07. The number of carbonyl (C=O) groups excluding carboxylic acids is 2. The summed E-state index contributed by atoms with van der Waals surface area (Å²) in [6.07, 6.45) is 6.31. The number of carbonyl (C=O) groups is 2. The van der Waals surface area contributed by atoms with Crippen LogP contribution in [0, 0.1) is 12.7 Å². The first-order chi connectivity index (χ1) is 16.9. The molecule has 1 aromatic carbocycles. The standard InChI is InChI=1S/C25H23FN6O2S/c1-3-20(33)31-9-4-5-18(31)24-30-21(22-23(27)28-8-10-32(22)24)15-11-19(35-13-15)25(34)29-16-7-6-14(2)17(26)12-16/h3,6-8,10-13,18H,1,4-5,9H2,2H3,(H2,27,28)(H,29,34)/t18-/m0/s1. The summed E-state index contributed by atoms with van der Waals surface area (Å²) in [5, 5.41) is 4.55. The predicted octanol–water partition coefficient (Wildman–Crippen LogP) is 4.59. The zero-order valence-corrected chi connectivity index (χ0v) is 19.8. The second-order valence-corrected chi connectivity index (χ2v) is 9.27. The van der Waals surface area contributed by atoms with Gasteiger partial charge in [-0.05, 0) is 49.6 Å². The third kappa shape index (κ3) is 4.06. The largest absolute Gasteiger partial charge is 0.382 e. The Hall–Kier alpha value is -4.05. The monoisotopic (exact) mass is 490 g/mol. The molecular formula is C25H23FN6O2S. The molecule has 5 rings (SSSR count). The molecule has 3 aromatic heterocycles. The molecule has 0 saturated carbocycles. The summed E-state index contributed by atoms with van der Waals surface area (Å²) in [6.45, 7) is 5.90. The molecule has 8 nitrogen and oxygen atoms in total. The van der Waals surface area contributed by atoms with E-state index in [1.54, 1.807) is 42.4 Å². The molecule has 35 heavy (non-hydrogen) atoms. The second kappa shape index (κ2) is 8.95. The van der Waals surface area contributed by atoms with E-state index in [-0.39, 0.29) is 23.7 Å². The number of thiophene rings is 1. The number of benzene rings is 1. The fourth-order valence-electron chi connectivity index (χ4n) is 4.38. The van der Waals surface area contributed by atoms with Crippen molar-refractivity contribution in [1.29, 1.82) is 0 Å². The summed E-state index contributed by atoms with van der Waals surface area (Å²) < 4.78 is 15.7. The molecule has 0 unspecified atom stereocenters. The second-order valence-electron chi connectivity index (χ2n) is 8.36. The van der Waals surface area contributed by atoms with Gasteiger partial charge in [0.05, 0.1) is 10.9 Å². The van der Waals surface area contributed by atoms with Crippen molar-refractivity contribution in [1.82, 2.24) is 19.3 Å². The minimum absolute atomic E-state index is 0.144. The zero-order valence-electron chi connectivity index (χ0n) is 19.0. The van der Waals surface area contributed by atoms with Gasteiger partial charge in [0.1, 0.15) is 28.7 Å². The number of rotatable bonds is 5. The molecule has 3 N–H and O–H groups in total. The minimum Gasteiger partial charge on any atom is -0.382 e. The fourth-order valence-corrected chi connectivity index (χ4v) is 5.17. The number of anilines is 2. The Kier molecular flexibility index (Phi) is 5.81. The smallest absolute Gasteiger partial charge is 0.265 e. The summed E-state index contributed by atoms with van der Waals surface area (Å²) in [5.74, 6) is 0.107. The van der Waals surface area contributed by atoms with Crippen molar-refractivity contribution in [3.05, 3.63) is 76.8 Å². The number of amides is 2. The molecule has 0 bridgehead atoms. The van der Waals surface area contributed by atoms with E-state index in [0.29, 0.717) is 51.1 Å². The van der Waals surface area contributed by atoms with Crippen LogP contribution in [0.15, 0.2) is 54.7 Å². The molecule has 0 radical (unpaired) electrons. The van der Waals surface area contributed by atoms with Gasteiger partial charge in [0.2, 0.25) is 5.91 Å². The van der Waals surface area contributed by atoms with Gasteiger partial charge in [-0.25, -0.2) is 14.4 Å². The van der Waals surface area contributed by atoms with Crippen LogP contribution >= 0.6 is 11.3 Å². The van der Waals surface area contributed by atoms with Crippen LogP contribution in [0.4, 0.5) is 15.9 Å². The molecule has 0 aliphatic carbocycles. The molecule has 1 aliphatic rings. The number of hydrogen-bond donors (Lipinski definition) is 2. The van der Waals surface area contributed by atoms with Crippen LogP contribution in [0.5, 0.6) is 0 Å². The first-order valence-corrected chi connectivity index (χ1v) is 12.0. The van der Waals surface area contributed by atoms with E-state index in [2.05, 4.69) is 16.9 Å².